The number of benzene rings is 1. The van der Waals surface area contributed by atoms with Gasteiger partial charge in [-0.1, -0.05) is 31.0 Å². The molecule has 0 heterocycles. The molecule has 1 atom stereocenters. The van der Waals surface area contributed by atoms with E-state index in [1.807, 2.05) is 0 Å². The largest absolute Gasteiger partial charge is 3.00 e. The Hall–Kier alpha value is 0.254. The van der Waals surface area contributed by atoms with Crippen LogP contribution in [0, 0.1) is 6.08 Å². The van der Waals surface area contributed by atoms with Gasteiger partial charge in [-0.25, -0.2) is 6.08 Å². The third-order valence-electron chi connectivity index (χ3n) is 1.95. The van der Waals surface area contributed by atoms with Gasteiger partial charge in [0.2, 0.25) is 0 Å². The van der Waals surface area contributed by atoms with Crippen LogP contribution in [0.4, 0.5) is 0 Å². The number of hydrogen-bond acceptors (Lipinski definition) is 0. The van der Waals surface area contributed by atoms with Crippen LogP contribution >= 0.6 is 0 Å². The molecule has 2 rings (SSSR count). The summed E-state index contributed by atoms with van der Waals surface area (Å²) in [5, 5.41) is 0. The average molecular weight is 248 g/mol. The second-order valence-corrected chi connectivity index (χ2v) is 2.66. The fourth-order valence-electron chi connectivity index (χ4n) is 1.34. The summed E-state index contributed by atoms with van der Waals surface area (Å²) in [5.74, 6) is 0.496. The minimum Gasteiger partial charge on any atom is -1.00 e. The number of fused-ring (bicyclic) bond motifs is 1. The van der Waals surface area contributed by atoms with Gasteiger partial charge in [0.15, 0.2) is 0 Å². The zero-order chi connectivity index (χ0) is 6.97. The maximum absolute atomic E-state index is 3.26. The predicted octanol–water partition coefficient (Wildman–Crippen LogP) is -3.37. The molecule has 0 amide bonds. The molecule has 0 bridgehead atoms. The summed E-state index contributed by atoms with van der Waals surface area (Å²) in [4.78, 5) is 0. The van der Waals surface area contributed by atoms with Crippen LogP contribution in [0.1, 0.15) is 24.0 Å². The van der Waals surface area contributed by atoms with Crippen molar-refractivity contribution in [3.05, 3.63) is 41.5 Å². The normalized spacial score (nSPS) is 16.2. The van der Waals surface area contributed by atoms with Crippen molar-refractivity contribution in [3.63, 3.8) is 0 Å². The number of hydrogen-bond donors (Lipinski definition) is 0. The molecule has 13 heavy (non-hydrogen) atoms. The summed E-state index contributed by atoms with van der Waals surface area (Å²) in [5.41, 5.74) is 2.73. The Morgan fingerprint density at radius 1 is 1.15 bits per heavy atom. The monoisotopic (exact) mass is 247 g/mol. The van der Waals surface area contributed by atoms with E-state index < -0.39 is 0 Å². The van der Waals surface area contributed by atoms with Crippen LogP contribution in [0.25, 0.3) is 6.08 Å². The third kappa shape index (κ3) is 3.14. The molecule has 3 heteroatoms. The van der Waals surface area contributed by atoms with Gasteiger partial charge in [0.1, 0.15) is 0 Å². The van der Waals surface area contributed by atoms with Crippen molar-refractivity contribution in [2.45, 2.75) is 12.8 Å². The number of rotatable bonds is 0. The van der Waals surface area contributed by atoms with Gasteiger partial charge in [0.25, 0.3) is 0 Å². The van der Waals surface area contributed by atoms with Gasteiger partial charge in [-0.15, -0.1) is 11.6 Å². The van der Waals surface area contributed by atoms with Crippen molar-refractivity contribution in [1.82, 2.24) is 0 Å². The van der Waals surface area contributed by atoms with E-state index in [2.05, 4.69) is 43.3 Å². The van der Waals surface area contributed by atoms with Crippen LogP contribution in [0.2, 0.25) is 0 Å². The Morgan fingerprint density at radius 3 is 2.38 bits per heavy atom. The quantitative estimate of drug-likeness (QED) is 0.332. The summed E-state index contributed by atoms with van der Waals surface area (Å²) in [6.45, 7) is 2.17. The molecule has 0 fully saturated rings. The average Bonchev–Trinajstić information content (AvgIpc) is 2.34. The maximum atomic E-state index is 3.26. The number of halogens is 2. The van der Waals surface area contributed by atoms with Crippen LogP contribution in [0.5, 0.6) is 0 Å². The molecule has 67 valence electrons. The molecule has 0 aromatic heterocycles. The van der Waals surface area contributed by atoms with Crippen molar-refractivity contribution >= 4 is 6.08 Å². The Bertz CT molecular complexity index is 284. The van der Waals surface area contributed by atoms with Gasteiger partial charge in [-0.3, -0.25) is 6.08 Å². The molecule has 1 aliphatic rings. The van der Waals surface area contributed by atoms with E-state index in [9.17, 15) is 0 Å². The summed E-state index contributed by atoms with van der Waals surface area (Å²) >= 11 is 0. The summed E-state index contributed by atoms with van der Waals surface area (Å²) < 4.78 is 0. The Kier molecular flexibility index (Phi) is 8.06. The summed E-state index contributed by atoms with van der Waals surface area (Å²) in [6, 6.07) is 8.44. The molecule has 0 saturated carbocycles. The first-order chi connectivity index (χ1) is 4.88. The molecule has 1 aromatic rings. The van der Waals surface area contributed by atoms with Crippen LogP contribution in [-0.4, -0.2) is 0 Å². The fourth-order valence-corrected chi connectivity index (χ4v) is 1.34. The molecular weight excluding hydrogens is 239 g/mol. The van der Waals surface area contributed by atoms with E-state index in [0.717, 1.165) is 0 Å². The zero-order valence-corrected chi connectivity index (χ0v) is 10.3. The molecule has 0 aliphatic heterocycles. The predicted molar refractivity (Wildman–Crippen MR) is 42.6 cm³/mol. The molecule has 1 aromatic carbocycles. The van der Waals surface area contributed by atoms with E-state index >= 15 is 0 Å². The minimum absolute atomic E-state index is 0. The van der Waals surface area contributed by atoms with Crippen molar-refractivity contribution in [2.75, 3.05) is 0 Å². The Morgan fingerprint density at radius 2 is 1.77 bits per heavy atom. The first kappa shape index (κ1) is 15.7. The molecule has 1 radical (unpaired) electrons. The molecule has 0 saturated heterocycles. The van der Waals surface area contributed by atoms with Gasteiger partial charge in [-0.2, -0.15) is 5.56 Å². The first-order valence-electron chi connectivity index (χ1n) is 3.56. The second kappa shape index (κ2) is 6.67. The Labute approximate surface area is 107 Å². The van der Waals surface area contributed by atoms with Gasteiger partial charge in [-0.05, 0) is 0 Å². The molecule has 0 N–H and O–H groups in total. The van der Waals surface area contributed by atoms with E-state index in [-0.39, 0.29) is 46.5 Å². The zero-order valence-electron chi connectivity index (χ0n) is 7.22. The van der Waals surface area contributed by atoms with Crippen molar-refractivity contribution < 1.29 is 46.5 Å². The van der Waals surface area contributed by atoms with Crippen LogP contribution in [-0.2, 0) is 21.7 Å². The van der Waals surface area contributed by atoms with E-state index in [0.29, 0.717) is 5.92 Å². The fraction of sp³-hybridized carbons (Fsp3) is 0.200. The summed E-state index contributed by atoms with van der Waals surface area (Å²) in [7, 11) is 0. The maximum Gasteiger partial charge on any atom is 3.00 e. The van der Waals surface area contributed by atoms with Gasteiger partial charge >= 0.3 is 21.7 Å². The van der Waals surface area contributed by atoms with Crippen LogP contribution < -0.4 is 24.8 Å². The van der Waals surface area contributed by atoms with Gasteiger partial charge in [0.05, 0.1) is 0 Å². The van der Waals surface area contributed by atoms with E-state index in [4.69, 9.17) is 0 Å². The first-order valence-corrected chi connectivity index (χ1v) is 3.56. The van der Waals surface area contributed by atoms with Crippen molar-refractivity contribution in [3.8, 4) is 0 Å². The smallest absolute Gasteiger partial charge is 1.00 e. The van der Waals surface area contributed by atoms with Crippen molar-refractivity contribution in [1.29, 1.82) is 0 Å². The SMILES string of the molecule is CC1[C-]=Cc2ccccc21.[Cl-].[Cl-].[Ti+3]. The van der Waals surface area contributed by atoms with Crippen LogP contribution in [0.15, 0.2) is 24.3 Å². The van der Waals surface area contributed by atoms with Crippen molar-refractivity contribution in [2.24, 2.45) is 0 Å². The molecule has 0 nitrogen and oxygen atoms in total. The van der Waals surface area contributed by atoms with E-state index in [1.165, 1.54) is 11.1 Å². The topological polar surface area (TPSA) is 0 Å². The summed E-state index contributed by atoms with van der Waals surface area (Å²) in [6.07, 6.45) is 5.33. The minimum atomic E-state index is 0. The Balaban J connectivity index is 0. The van der Waals surface area contributed by atoms with Gasteiger partial charge in [0, 0.05) is 0 Å². The van der Waals surface area contributed by atoms with E-state index in [1.54, 1.807) is 0 Å². The molecular formula is C10H9Cl2Ti. The third-order valence-corrected chi connectivity index (χ3v) is 1.95. The standard InChI is InChI=1S/C10H9.2ClH.Ti/c1-8-6-7-9-4-2-3-5-10(8)9;;;/h2-5,7-8H,1H3;2*1H;/q-1;;;+3/p-2. The molecule has 1 aliphatic carbocycles. The van der Waals surface area contributed by atoms with Crippen LogP contribution in [0.3, 0.4) is 0 Å². The molecule has 1 unspecified atom stereocenters. The second-order valence-electron chi connectivity index (χ2n) is 2.66. The molecule has 0 spiro atoms. The van der Waals surface area contributed by atoms with Gasteiger partial charge < -0.3 is 24.8 Å². The number of allylic oxidation sites excluding steroid dienone is 1.